The van der Waals surface area contributed by atoms with Gasteiger partial charge in [0, 0.05) is 42.4 Å². The lowest BCUT2D eigenvalue weighted by molar-refractivity contribution is -0.117. The summed E-state index contributed by atoms with van der Waals surface area (Å²) in [5.74, 6) is 1.09. The number of nitrogens with zero attached hydrogens (tertiary/aromatic N) is 3. The van der Waals surface area contributed by atoms with Crippen molar-refractivity contribution in [3.8, 4) is 0 Å². The summed E-state index contributed by atoms with van der Waals surface area (Å²) in [6, 6.07) is 7.23. The van der Waals surface area contributed by atoms with Crippen LogP contribution in [-0.2, 0) is 4.79 Å². The molecule has 2 aliphatic rings. The minimum atomic E-state index is -0.0600. The highest BCUT2D eigenvalue weighted by Crippen LogP contribution is 2.35. The van der Waals surface area contributed by atoms with Gasteiger partial charge in [-0.15, -0.1) is 0 Å². The maximum absolute atomic E-state index is 12.9. The second-order valence-electron chi connectivity index (χ2n) is 8.30. The van der Waals surface area contributed by atoms with E-state index in [-0.39, 0.29) is 23.7 Å². The number of carbonyl (C=O) groups is 2. The zero-order valence-corrected chi connectivity index (χ0v) is 17.3. The molecule has 0 bridgehead atoms. The first-order chi connectivity index (χ1) is 15.0. The van der Waals surface area contributed by atoms with Gasteiger partial charge in [0.05, 0.1) is 0 Å². The zero-order valence-electron chi connectivity index (χ0n) is 17.3. The maximum Gasteiger partial charge on any atom is 0.254 e. The summed E-state index contributed by atoms with van der Waals surface area (Å²) in [6.07, 6.45) is 7.38. The van der Waals surface area contributed by atoms with Gasteiger partial charge in [0.15, 0.2) is 0 Å². The van der Waals surface area contributed by atoms with E-state index in [0.29, 0.717) is 30.3 Å². The highest BCUT2D eigenvalue weighted by Gasteiger charge is 2.30. The standard InChI is InChI=1S/C23H24N6O2/c1-13-12-29(23(31)15-4-7-25-19(24)10-15)9-6-16(13)18-11-20(28-22(30)14-2-3-14)27-21-17(18)5-8-26-21/h4-8,10-11,13-14H,2-3,9,12H2,1H3,(H2,24,25)(H2,26,27,28,30). The van der Waals surface area contributed by atoms with Crippen molar-refractivity contribution in [1.82, 2.24) is 19.9 Å². The fraction of sp³-hybridized carbons (Fsp3) is 0.304. The Morgan fingerprint density at radius 2 is 2.10 bits per heavy atom. The molecule has 1 fully saturated rings. The summed E-state index contributed by atoms with van der Waals surface area (Å²) in [7, 11) is 0. The second kappa shape index (κ2) is 7.54. The van der Waals surface area contributed by atoms with Gasteiger partial charge < -0.3 is 20.9 Å². The number of aromatic amines is 1. The summed E-state index contributed by atoms with van der Waals surface area (Å²) in [4.78, 5) is 38.6. The number of fused-ring (bicyclic) bond motifs is 1. The molecule has 0 radical (unpaired) electrons. The van der Waals surface area contributed by atoms with Crippen LogP contribution in [0.25, 0.3) is 16.6 Å². The van der Waals surface area contributed by atoms with Gasteiger partial charge in [-0.3, -0.25) is 9.59 Å². The van der Waals surface area contributed by atoms with Crippen LogP contribution in [0.2, 0.25) is 0 Å². The number of nitrogen functional groups attached to an aromatic ring is 1. The van der Waals surface area contributed by atoms with Crippen molar-refractivity contribution in [3.63, 3.8) is 0 Å². The molecule has 3 aromatic rings. The predicted octanol–water partition coefficient (Wildman–Crippen LogP) is 3.06. The van der Waals surface area contributed by atoms with Crippen LogP contribution >= 0.6 is 0 Å². The number of nitrogens with two attached hydrogens (primary N) is 1. The molecular formula is C23H24N6O2. The molecule has 0 saturated heterocycles. The Hall–Kier alpha value is -3.68. The molecule has 1 atom stereocenters. The highest BCUT2D eigenvalue weighted by molar-refractivity contribution is 5.98. The highest BCUT2D eigenvalue weighted by atomic mass is 16.2. The van der Waals surface area contributed by atoms with E-state index in [1.807, 2.05) is 23.2 Å². The number of pyridine rings is 2. The van der Waals surface area contributed by atoms with Crippen molar-refractivity contribution in [2.45, 2.75) is 19.8 Å². The van der Waals surface area contributed by atoms with Crippen LogP contribution in [-0.4, -0.2) is 44.8 Å². The van der Waals surface area contributed by atoms with E-state index >= 15 is 0 Å². The molecule has 1 aliphatic heterocycles. The lowest BCUT2D eigenvalue weighted by atomic mass is 9.89. The fourth-order valence-corrected chi connectivity index (χ4v) is 4.13. The van der Waals surface area contributed by atoms with Gasteiger partial charge in [0.25, 0.3) is 5.91 Å². The third kappa shape index (κ3) is 3.76. The molecule has 31 heavy (non-hydrogen) atoms. The lowest BCUT2D eigenvalue weighted by Gasteiger charge is -2.32. The largest absolute Gasteiger partial charge is 0.384 e. The molecule has 4 N–H and O–H groups in total. The lowest BCUT2D eigenvalue weighted by Crippen LogP contribution is -2.38. The summed E-state index contributed by atoms with van der Waals surface area (Å²) < 4.78 is 0. The van der Waals surface area contributed by atoms with Gasteiger partial charge in [-0.25, -0.2) is 9.97 Å². The van der Waals surface area contributed by atoms with Crippen LogP contribution in [0.15, 0.2) is 42.7 Å². The van der Waals surface area contributed by atoms with Gasteiger partial charge >= 0.3 is 0 Å². The molecule has 158 valence electrons. The minimum Gasteiger partial charge on any atom is -0.384 e. The number of carbonyl (C=O) groups excluding carboxylic acids is 2. The summed E-state index contributed by atoms with van der Waals surface area (Å²) >= 11 is 0. The second-order valence-corrected chi connectivity index (χ2v) is 8.30. The number of hydrogen-bond donors (Lipinski definition) is 3. The van der Waals surface area contributed by atoms with Gasteiger partial charge in [0.1, 0.15) is 17.3 Å². The number of amides is 2. The molecule has 0 aromatic carbocycles. The van der Waals surface area contributed by atoms with E-state index in [9.17, 15) is 9.59 Å². The molecule has 8 heteroatoms. The molecular weight excluding hydrogens is 392 g/mol. The average molecular weight is 416 g/mol. The van der Waals surface area contributed by atoms with Gasteiger partial charge in [-0.1, -0.05) is 13.0 Å². The smallest absolute Gasteiger partial charge is 0.254 e. The predicted molar refractivity (Wildman–Crippen MR) is 119 cm³/mol. The summed E-state index contributed by atoms with van der Waals surface area (Å²) in [6.45, 7) is 3.19. The van der Waals surface area contributed by atoms with Crippen LogP contribution in [0, 0.1) is 11.8 Å². The van der Waals surface area contributed by atoms with Crippen LogP contribution in [0.1, 0.15) is 35.7 Å². The van der Waals surface area contributed by atoms with E-state index in [2.05, 4.69) is 33.3 Å². The molecule has 1 saturated carbocycles. The van der Waals surface area contributed by atoms with Crippen LogP contribution in [0.4, 0.5) is 11.6 Å². The number of hydrogen-bond acceptors (Lipinski definition) is 5. The molecule has 5 rings (SSSR count). The van der Waals surface area contributed by atoms with E-state index in [1.54, 1.807) is 18.3 Å². The number of anilines is 2. The van der Waals surface area contributed by atoms with Gasteiger partial charge in [-0.2, -0.15) is 0 Å². The van der Waals surface area contributed by atoms with E-state index < -0.39 is 0 Å². The van der Waals surface area contributed by atoms with E-state index in [0.717, 1.165) is 35.0 Å². The maximum atomic E-state index is 12.9. The first-order valence-corrected chi connectivity index (χ1v) is 10.5. The Morgan fingerprint density at radius 1 is 1.26 bits per heavy atom. The normalized spacial score (nSPS) is 18.7. The van der Waals surface area contributed by atoms with Crippen LogP contribution < -0.4 is 11.1 Å². The number of aromatic nitrogens is 3. The average Bonchev–Trinajstić information content (AvgIpc) is 3.51. The third-order valence-electron chi connectivity index (χ3n) is 5.91. The van der Waals surface area contributed by atoms with Crippen molar-refractivity contribution in [1.29, 1.82) is 0 Å². The Kier molecular flexibility index (Phi) is 4.69. The number of rotatable bonds is 4. The molecule has 1 unspecified atom stereocenters. The Labute approximate surface area is 179 Å². The van der Waals surface area contributed by atoms with E-state index in [4.69, 9.17) is 5.73 Å². The summed E-state index contributed by atoms with van der Waals surface area (Å²) in [5.41, 5.74) is 9.19. The first kappa shape index (κ1) is 19.3. The van der Waals surface area contributed by atoms with Gasteiger partial charge in [-0.05, 0) is 54.2 Å². The number of nitrogens with one attached hydrogen (secondary N) is 2. The molecule has 1 aliphatic carbocycles. The molecule has 3 aromatic heterocycles. The quantitative estimate of drug-likeness (QED) is 0.604. The summed E-state index contributed by atoms with van der Waals surface area (Å²) in [5, 5.41) is 3.96. The Balaban J connectivity index is 1.44. The monoisotopic (exact) mass is 416 g/mol. The number of H-pyrrole nitrogens is 1. The Bertz CT molecular complexity index is 1210. The van der Waals surface area contributed by atoms with Crippen molar-refractivity contribution >= 4 is 40.1 Å². The zero-order chi connectivity index (χ0) is 21.5. The minimum absolute atomic E-state index is 0.0309. The topological polar surface area (TPSA) is 117 Å². The SMILES string of the molecule is CC1CN(C(=O)c2ccnc(N)c2)CC=C1c1cc(NC(=O)C2CC2)nc2[nH]ccc12. The van der Waals surface area contributed by atoms with Gasteiger partial charge in [0.2, 0.25) is 5.91 Å². The van der Waals surface area contributed by atoms with Crippen LogP contribution in [0.5, 0.6) is 0 Å². The fourth-order valence-electron chi connectivity index (χ4n) is 4.13. The van der Waals surface area contributed by atoms with Crippen molar-refractivity contribution in [3.05, 3.63) is 53.9 Å². The molecule has 0 spiro atoms. The van der Waals surface area contributed by atoms with Crippen molar-refractivity contribution in [2.75, 3.05) is 24.1 Å². The van der Waals surface area contributed by atoms with Crippen LogP contribution in [0.3, 0.4) is 0 Å². The molecule has 2 amide bonds. The first-order valence-electron chi connectivity index (χ1n) is 10.5. The van der Waals surface area contributed by atoms with E-state index in [1.165, 1.54) is 0 Å². The third-order valence-corrected chi connectivity index (χ3v) is 5.91. The van der Waals surface area contributed by atoms with Crippen molar-refractivity contribution in [2.24, 2.45) is 11.8 Å². The van der Waals surface area contributed by atoms with Crippen molar-refractivity contribution < 1.29 is 9.59 Å². The molecule has 8 nitrogen and oxygen atoms in total. The Morgan fingerprint density at radius 3 is 2.84 bits per heavy atom. The molecule has 4 heterocycles.